The molecule has 1 spiro atoms. The van der Waals surface area contributed by atoms with Gasteiger partial charge in [-0.25, -0.2) is 18.6 Å². The number of imide groups is 1. The standard InChI is InChI=1S/C46H51F5N8O4/c1-56(30-15-17-45(18-16-30)22-27(23-45)19-28-5-3-7-36-40(28)57(2)44(63)59(36)37-13-14-39(60)54-43(37)62)24-26-9-11-31(12-10-26)58-25-29-20-35(32(41(47)48)21-34(29)55-58)53-42(61)33-6-4-8-38(52-33)46(49,50)51/h3-8,20-21,25-27,30-31,37,41H,9-19,22-24H2,1-2H3,(H,53,61)(H,54,60,62)/t26-,27?,30?,31-,37?,45?. The second-order valence-electron chi connectivity index (χ2n) is 18.6. The van der Waals surface area contributed by atoms with Gasteiger partial charge in [-0.3, -0.25) is 33.5 Å². The van der Waals surface area contributed by atoms with Gasteiger partial charge < -0.3 is 10.2 Å². The first-order chi connectivity index (χ1) is 30.1. The number of carbonyl (C=O) groups excluding carboxylic acids is 3. The number of rotatable bonds is 10. The summed E-state index contributed by atoms with van der Waals surface area (Å²) in [5.41, 5.74) is 0.724. The van der Waals surface area contributed by atoms with Gasteiger partial charge in [0.1, 0.15) is 17.4 Å². The molecule has 0 bridgehead atoms. The van der Waals surface area contributed by atoms with Crippen LogP contribution < -0.4 is 16.3 Å². The number of fused-ring (bicyclic) bond motifs is 2. The zero-order valence-electron chi connectivity index (χ0n) is 35.3. The molecule has 12 nitrogen and oxygen atoms in total. The van der Waals surface area contributed by atoms with Gasteiger partial charge in [-0.05, 0) is 137 Å². The van der Waals surface area contributed by atoms with Crippen LogP contribution >= 0.6 is 0 Å². The van der Waals surface area contributed by atoms with Gasteiger partial charge in [0.2, 0.25) is 11.8 Å². The molecule has 63 heavy (non-hydrogen) atoms. The first-order valence-corrected chi connectivity index (χ1v) is 21.9. The number of hydrogen-bond donors (Lipinski definition) is 2. The third kappa shape index (κ3) is 8.40. The summed E-state index contributed by atoms with van der Waals surface area (Å²) >= 11 is 0. The Hall–Kier alpha value is -5.45. The largest absolute Gasteiger partial charge is 0.433 e. The van der Waals surface area contributed by atoms with Crippen molar-refractivity contribution >= 4 is 45.3 Å². The molecule has 17 heteroatoms. The minimum absolute atomic E-state index is 0.0875. The highest BCUT2D eigenvalue weighted by molar-refractivity contribution is 6.04. The van der Waals surface area contributed by atoms with E-state index in [0.29, 0.717) is 40.6 Å². The highest BCUT2D eigenvalue weighted by Gasteiger charge is 2.46. The highest BCUT2D eigenvalue weighted by atomic mass is 19.4. The Morgan fingerprint density at radius 3 is 2.40 bits per heavy atom. The van der Waals surface area contributed by atoms with E-state index in [-0.39, 0.29) is 29.7 Å². The second kappa shape index (κ2) is 16.6. The number of nitrogens with one attached hydrogen (secondary N) is 2. The van der Waals surface area contributed by atoms with Gasteiger partial charge in [0.25, 0.3) is 12.3 Å². The van der Waals surface area contributed by atoms with Crippen molar-refractivity contribution in [1.82, 2.24) is 34.1 Å². The summed E-state index contributed by atoms with van der Waals surface area (Å²) in [5.74, 6) is -0.699. The van der Waals surface area contributed by atoms with Crippen LogP contribution in [0, 0.1) is 17.3 Å². The van der Waals surface area contributed by atoms with Gasteiger partial charge in [-0.2, -0.15) is 18.3 Å². The predicted octanol–water partition coefficient (Wildman–Crippen LogP) is 8.52. The molecule has 4 fully saturated rings. The molecule has 1 unspecified atom stereocenters. The summed E-state index contributed by atoms with van der Waals surface area (Å²) in [7, 11) is 4.00. The van der Waals surface area contributed by atoms with Crippen molar-refractivity contribution in [3.8, 4) is 0 Å². The van der Waals surface area contributed by atoms with Crippen LogP contribution in [-0.2, 0) is 29.2 Å². The molecule has 3 saturated carbocycles. The van der Waals surface area contributed by atoms with Crippen molar-refractivity contribution in [2.45, 2.75) is 114 Å². The number of aromatic nitrogens is 5. The fourth-order valence-electron chi connectivity index (χ4n) is 11.2. The summed E-state index contributed by atoms with van der Waals surface area (Å²) in [5, 5.41) is 9.91. The smallest absolute Gasteiger partial charge is 0.320 e. The fraction of sp³-hybridized carbons (Fsp3) is 0.522. The average molecular weight is 875 g/mol. The van der Waals surface area contributed by atoms with Gasteiger partial charge in [-0.1, -0.05) is 18.2 Å². The molecular weight excluding hydrogens is 824 g/mol. The molecule has 1 saturated heterocycles. The molecule has 2 aromatic carbocycles. The third-order valence-corrected chi connectivity index (χ3v) is 14.5. The normalized spacial score (nSPS) is 25.6. The van der Waals surface area contributed by atoms with Gasteiger partial charge in [0.05, 0.1) is 28.3 Å². The van der Waals surface area contributed by atoms with Crippen molar-refractivity contribution < 1.29 is 36.3 Å². The summed E-state index contributed by atoms with van der Waals surface area (Å²) in [4.78, 5) is 56.7. The Morgan fingerprint density at radius 2 is 1.70 bits per heavy atom. The summed E-state index contributed by atoms with van der Waals surface area (Å²) in [6, 6.07) is 11.4. The molecule has 334 valence electrons. The van der Waals surface area contributed by atoms with E-state index in [4.69, 9.17) is 0 Å². The van der Waals surface area contributed by atoms with Crippen LogP contribution in [-0.4, -0.2) is 66.2 Å². The van der Waals surface area contributed by atoms with Crippen LogP contribution in [0.4, 0.5) is 27.6 Å². The van der Waals surface area contributed by atoms with E-state index in [2.05, 4.69) is 38.7 Å². The number of pyridine rings is 1. The minimum Gasteiger partial charge on any atom is -0.320 e. The lowest BCUT2D eigenvalue weighted by molar-refractivity contribution is -0.141. The molecule has 5 aromatic rings. The van der Waals surface area contributed by atoms with Gasteiger partial charge in [-0.15, -0.1) is 0 Å². The lowest BCUT2D eigenvalue weighted by Crippen LogP contribution is -2.46. The number of para-hydroxylation sites is 1. The van der Waals surface area contributed by atoms with Crippen molar-refractivity contribution in [1.29, 1.82) is 0 Å². The van der Waals surface area contributed by atoms with Crippen LogP contribution in [0.25, 0.3) is 21.9 Å². The topological polar surface area (TPSA) is 136 Å². The SMILES string of the molecule is CN(C[C@H]1CC[C@H](n2cc3cc(NC(=O)c4cccc(C(F)(F)F)n4)c(C(F)F)cc3n2)CC1)C1CCC2(CC1)CC(Cc1cccc3c1n(C)c(=O)n3C1CCC(=O)NC1=O)C2. The second-order valence-corrected chi connectivity index (χ2v) is 18.6. The Bertz CT molecular complexity index is 2630. The predicted molar refractivity (Wildman–Crippen MR) is 225 cm³/mol. The maximum absolute atomic E-state index is 14.2. The van der Waals surface area contributed by atoms with E-state index in [9.17, 15) is 41.1 Å². The van der Waals surface area contributed by atoms with Crippen molar-refractivity contribution in [3.63, 3.8) is 0 Å². The van der Waals surface area contributed by atoms with Crippen molar-refractivity contribution in [2.24, 2.45) is 24.3 Å². The molecule has 3 aliphatic carbocycles. The number of aryl methyl sites for hydroxylation is 1. The molecule has 4 heterocycles. The average Bonchev–Trinajstić information content (AvgIpc) is 3.77. The number of piperidine rings is 1. The summed E-state index contributed by atoms with van der Waals surface area (Å²) in [6.07, 6.45) is 6.32. The summed E-state index contributed by atoms with van der Waals surface area (Å²) < 4.78 is 72.9. The van der Waals surface area contributed by atoms with Crippen LogP contribution in [0.1, 0.15) is 123 Å². The molecular formula is C46H51F5N8O4. The van der Waals surface area contributed by atoms with Crippen molar-refractivity contribution in [3.05, 3.63) is 87.7 Å². The number of carbonyl (C=O) groups is 3. The fourth-order valence-corrected chi connectivity index (χ4v) is 11.2. The lowest BCUT2D eigenvalue weighted by atomic mass is 9.54. The molecule has 3 aromatic heterocycles. The number of amides is 3. The first kappa shape index (κ1) is 42.8. The third-order valence-electron chi connectivity index (χ3n) is 14.5. The molecule has 1 aliphatic heterocycles. The highest BCUT2D eigenvalue weighted by Crippen LogP contribution is 2.56. The Kier molecular flexibility index (Phi) is 11.3. The molecule has 3 amide bonds. The van der Waals surface area contributed by atoms with Crippen molar-refractivity contribution in [2.75, 3.05) is 18.9 Å². The zero-order valence-corrected chi connectivity index (χ0v) is 35.3. The number of anilines is 1. The van der Waals surface area contributed by atoms with Crippen LogP contribution in [0.5, 0.6) is 0 Å². The van der Waals surface area contributed by atoms with Gasteiger partial charge in [0, 0.05) is 43.2 Å². The Balaban J connectivity index is 0.762. The zero-order chi connectivity index (χ0) is 44.4. The molecule has 0 radical (unpaired) electrons. The Morgan fingerprint density at radius 1 is 0.968 bits per heavy atom. The molecule has 4 aliphatic rings. The number of benzene rings is 2. The van der Waals surface area contributed by atoms with Crippen LogP contribution in [0.3, 0.4) is 0 Å². The number of imidazole rings is 1. The van der Waals surface area contributed by atoms with E-state index >= 15 is 0 Å². The van der Waals surface area contributed by atoms with Gasteiger partial charge >= 0.3 is 11.9 Å². The number of hydrogen-bond acceptors (Lipinski definition) is 7. The van der Waals surface area contributed by atoms with Crippen LogP contribution in [0.2, 0.25) is 0 Å². The first-order valence-electron chi connectivity index (χ1n) is 21.9. The quantitative estimate of drug-likeness (QED) is 0.106. The maximum atomic E-state index is 14.2. The Labute approximate surface area is 360 Å². The maximum Gasteiger partial charge on any atom is 0.433 e. The minimum atomic E-state index is -4.76. The number of alkyl halides is 5. The van der Waals surface area contributed by atoms with Crippen LogP contribution in [0.15, 0.2) is 59.5 Å². The molecule has 9 rings (SSSR count). The van der Waals surface area contributed by atoms with E-state index in [1.807, 2.05) is 16.8 Å². The van der Waals surface area contributed by atoms with E-state index in [0.717, 1.165) is 86.3 Å². The lowest BCUT2D eigenvalue weighted by Gasteiger charge is -2.53. The van der Waals surface area contributed by atoms with E-state index < -0.39 is 47.4 Å². The number of halogens is 5. The molecule has 1 atom stereocenters. The molecule has 2 N–H and O–H groups in total. The van der Waals surface area contributed by atoms with E-state index in [1.54, 1.807) is 22.4 Å². The summed E-state index contributed by atoms with van der Waals surface area (Å²) in [6.45, 7) is 1.01. The monoisotopic (exact) mass is 874 g/mol. The van der Waals surface area contributed by atoms with E-state index in [1.165, 1.54) is 37.8 Å². The number of nitrogens with zero attached hydrogens (tertiary/aromatic N) is 6. The van der Waals surface area contributed by atoms with Gasteiger partial charge in [0.15, 0.2) is 0 Å².